The smallest absolute Gasteiger partial charge is 0.330 e. The van der Waals surface area contributed by atoms with Gasteiger partial charge in [0.25, 0.3) is 0 Å². The molecule has 8 heteroatoms. The molecule has 160 valence electrons. The topological polar surface area (TPSA) is 86.2 Å². The van der Waals surface area contributed by atoms with Gasteiger partial charge in [-0.2, -0.15) is 9.97 Å². The van der Waals surface area contributed by atoms with Crippen molar-refractivity contribution < 1.29 is 9.47 Å². The SMILES string of the molecule is c1ccc(Oc2nc(Oc3ccccc3)nc(N(c3ccccn3)c3ccccn3)n2)cc1. The summed E-state index contributed by atoms with van der Waals surface area (Å²) in [5, 5.41) is 0. The summed E-state index contributed by atoms with van der Waals surface area (Å²) >= 11 is 0. The molecular formula is C25H18N6O2. The number of anilines is 3. The van der Waals surface area contributed by atoms with E-state index in [1.54, 1.807) is 17.3 Å². The van der Waals surface area contributed by atoms with Crippen LogP contribution in [0.2, 0.25) is 0 Å². The van der Waals surface area contributed by atoms with Gasteiger partial charge in [-0.25, -0.2) is 14.9 Å². The summed E-state index contributed by atoms with van der Waals surface area (Å²) in [4.78, 5) is 24.1. The minimum absolute atomic E-state index is 0.0778. The van der Waals surface area contributed by atoms with Crippen LogP contribution >= 0.6 is 0 Å². The minimum atomic E-state index is 0.0778. The molecule has 0 saturated carbocycles. The highest BCUT2D eigenvalue weighted by Gasteiger charge is 2.21. The van der Waals surface area contributed by atoms with Gasteiger partial charge in [0.05, 0.1) is 0 Å². The molecule has 0 amide bonds. The van der Waals surface area contributed by atoms with E-state index >= 15 is 0 Å². The normalized spacial score (nSPS) is 10.4. The number of pyridine rings is 2. The Kier molecular flexibility index (Phi) is 5.79. The summed E-state index contributed by atoms with van der Waals surface area (Å²) in [6, 6.07) is 29.8. The molecule has 5 rings (SSSR count). The van der Waals surface area contributed by atoms with Crippen LogP contribution in [0.1, 0.15) is 0 Å². The van der Waals surface area contributed by atoms with Crippen LogP contribution in [-0.2, 0) is 0 Å². The summed E-state index contributed by atoms with van der Waals surface area (Å²) in [6.45, 7) is 0. The predicted molar refractivity (Wildman–Crippen MR) is 123 cm³/mol. The van der Waals surface area contributed by atoms with Crippen molar-refractivity contribution in [3.8, 4) is 23.5 Å². The van der Waals surface area contributed by atoms with Crippen LogP contribution in [0.25, 0.3) is 0 Å². The van der Waals surface area contributed by atoms with E-state index in [0.29, 0.717) is 23.1 Å². The maximum atomic E-state index is 5.91. The molecule has 33 heavy (non-hydrogen) atoms. The van der Waals surface area contributed by atoms with E-state index in [2.05, 4.69) is 24.9 Å². The zero-order valence-electron chi connectivity index (χ0n) is 17.4. The lowest BCUT2D eigenvalue weighted by atomic mass is 10.3. The number of hydrogen-bond acceptors (Lipinski definition) is 8. The molecule has 0 bridgehead atoms. The molecular weight excluding hydrogens is 416 g/mol. The van der Waals surface area contributed by atoms with Crippen molar-refractivity contribution in [2.75, 3.05) is 4.90 Å². The van der Waals surface area contributed by atoms with Gasteiger partial charge in [-0.1, -0.05) is 48.5 Å². The maximum absolute atomic E-state index is 5.91. The molecule has 0 aliphatic heterocycles. The quantitative estimate of drug-likeness (QED) is 0.322. The lowest BCUT2D eigenvalue weighted by Crippen LogP contribution is -2.17. The first-order valence-corrected chi connectivity index (χ1v) is 10.2. The zero-order chi connectivity index (χ0) is 22.3. The fourth-order valence-electron chi connectivity index (χ4n) is 3.00. The van der Waals surface area contributed by atoms with Crippen molar-refractivity contribution in [2.45, 2.75) is 0 Å². The molecule has 2 aromatic carbocycles. The van der Waals surface area contributed by atoms with Gasteiger partial charge in [-0.15, -0.1) is 4.98 Å². The van der Waals surface area contributed by atoms with Crippen molar-refractivity contribution in [1.29, 1.82) is 0 Å². The number of nitrogens with zero attached hydrogens (tertiary/aromatic N) is 6. The van der Waals surface area contributed by atoms with Gasteiger partial charge in [0.2, 0.25) is 5.95 Å². The predicted octanol–water partition coefficient (Wildman–Crippen LogP) is 5.72. The molecule has 0 spiro atoms. The van der Waals surface area contributed by atoms with E-state index in [0.717, 1.165) is 0 Å². The molecule has 0 aliphatic rings. The number of ether oxygens (including phenoxy) is 2. The van der Waals surface area contributed by atoms with E-state index in [-0.39, 0.29) is 18.0 Å². The molecule has 3 aromatic heterocycles. The summed E-state index contributed by atoms with van der Waals surface area (Å²) in [5.41, 5.74) is 0. The number of para-hydroxylation sites is 2. The van der Waals surface area contributed by atoms with E-state index < -0.39 is 0 Å². The minimum Gasteiger partial charge on any atom is -0.424 e. The lowest BCUT2D eigenvalue weighted by molar-refractivity contribution is 0.398. The molecule has 0 fully saturated rings. The second kappa shape index (κ2) is 9.52. The Hall–Kier alpha value is -4.85. The average molecular weight is 434 g/mol. The van der Waals surface area contributed by atoms with E-state index in [1.807, 2.05) is 97.1 Å². The van der Waals surface area contributed by atoms with Crippen LogP contribution in [0.3, 0.4) is 0 Å². The van der Waals surface area contributed by atoms with Crippen LogP contribution in [0.5, 0.6) is 23.5 Å². The van der Waals surface area contributed by atoms with Crippen molar-refractivity contribution >= 4 is 17.6 Å². The molecule has 0 saturated heterocycles. The molecule has 0 atom stereocenters. The van der Waals surface area contributed by atoms with Crippen LogP contribution in [0.15, 0.2) is 109 Å². The van der Waals surface area contributed by atoms with Crippen LogP contribution in [0.4, 0.5) is 17.6 Å². The molecule has 3 heterocycles. The number of benzene rings is 2. The fraction of sp³-hybridized carbons (Fsp3) is 0. The average Bonchev–Trinajstić information content (AvgIpc) is 2.87. The summed E-state index contributed by atoms with van der Waals surface area (Å²) in [7, 11) is 0. The van der Waals surface area contributed by atoms with Crippen LogP contribution in [-0.4, -0.2) is 24.9 Å². The second-order valence-corrected chi connectivity index (χ2v) is 6.74. The first-order chi connectivity index (χ1) is 16.3. The highest BCUT2D eigenvalue weighted by molar-refractivity contribution is 5.67. The van der Waals surface area contributed by atoms with Gasteiger partial charge in [-0.05, 0) is 48.5 Å². The first-order valence-electron chi connectivity index (χ1n) is 10.2. The Morgan fingerprint density at radius 3 is 1.36 bits per heavy atom. The Morgan fingerprint density at radius 2 is 0.939 bits per heavy atom. The number of rotatable bonds is 7. The highest BCUT2D eigenvalue weighted by atomic mass is 16.5. The molecule has 0 aliphatic carbocycles. The van der Waals surface area contributed by atoms with E-state index in [4.69, 9.17) is 9.47 Å². The highest BCUT2D eigenvalue weighted by Crippen LogP contribution is 2.32. The summed E-state index contributed by atoms with van der Waals surface area (Å²) in [6.07, 6.45) is 3.38. The second-order valence-electron chi connectivity index (χ2n) is 6.74. The van der Waals surface area contributed by atoms with Crippen molar-refractivity contribution in [2.24, 2.45) is 0 Å². The molecule has 8 nitrogen and oxygen atoms in total. The maximum Gasteiger partial charge on any atom is 0.330 e. The Balaban J connectivity index is 1.62. The van der Waals surface area contributed by atoms with Gasteiger partial charge in [0.15, 0.2) is 0 Å². The van der Waals surface area contributed by atoms with Crippen LogP contribution < -0.4 is 14.4 Å². The number of hydrogen-bond donors (Lipinski definition) is 0. The van der Waals surface area contributed by atoms with Gasteiger partial charge < -0.3 is 9.47 Å². The zero-order valence-corrected chi connectivity index (χ0v) is 17.4. The molecule has 5 aromatic rings. The molecule has 0 radical (unpaired) electrons. The third-order valence-corrected chi connectivity index (χ3v) is 4.44. The monoisotopic (exact) mass is 434 g/mol. The third-order valence-electron chi connectivity index (χ3n) is 4.44. The Labute approximate surface area is 190 Å². The van der Waals surface area contributed by atoms with E-state index in [9.17, 15) is 0 Å². The standard InChI is InChI=1S/C25H18N6O2/c1-3-11-19(12-4-1)32-24-28-23(29-25(30-24)33-20-13-5-2-6-14-20)31(21-15-7-9-17-26-21)22-16-8-10-18-27-22/h1-18H. The lowest BCUT2D eigenvalue weighted by Gasteiger charge is -2.21. The number of aromatic nitrogens is 5. The van der Waals surface area contributed by atoms with Gasteiger partial charge in [0, 0.05) is 12.4 Å². The van der Waals surface area contributed by atoms with Gasteiger partial charge in [-0.3, -0.25) is 0 Å². The van der Waals surface area contributed by atoms with Crippen LogP contribution in [0, 0.1) is 0 Å². The van der Waals surface area contributed by atoms with Crippen molar-refractivity contribution in [1.82, 2.24) is 24.9 Å². The molecule has 0 unspecified atom stereocenters. The summed E-state index contributed by atoms with van der Waals surface area (Å²) < 4.78 is 11.8. The van der Waals surface area contributed by atoms with Crippen molar-refractivity contribution in [3.63, 3.8) is 0 Å². The molecule has 0 N–H and O–H groups in total. The first kappa shape index (κ1) is 20.1. The Bertz CT molecular complexity index is 1210. The van der Waals surface area contributed by atoms with Gasteiger partial charge in [0.1, 0.15) is 23.1 Å². The summed E-state index contributed by atoms with van der Waals surface area (Å²) in [5.74, 6) is 2.58. The fourth-order valence-corrected chi connectivity index (χ4v) is 3.00. The van der Waals surface area contributed by atoms with Crippen molar-refractivity contribution in [3.05, 3.63) is 109 Å². The largest absolute Gasteiger partial charge is 0.424 e. The Morgan fingerprint density at radius 1 is 0.485 bits per heavy atom. The van der Waals surface area contributed by atoms with Gasteiger partial charge >= 0.3 is 12.0 Å². The van der Waals surface area contributed by atoms with E-state index in [1.165, 1.54) is 0 Å². The third kappa shape index (κ3) is 4.91.